The molecule has 0 atom stereocenters. The number of nitrogens with zero attached hydrogens (tertiary/aromatic N) is 9. The van der Waals surface area contributed by atoms with Crippen molar-refractivity contribution in [3.05, 3.63) is 372 Å². The van der Waals surface area contributed by atoms with Crippen LogP contribution in [-0.2, 0) is 44.3 Å². The van der Waals surface area contributed by atoms with Crippen molar-refractivity contribution in [2.24, 2.45) is 0 Å². The molecule has 0 fully saturated rings. The van der Waals surface area contributed by atoms with Crippen molar-refractivity contribution in [3.63, 3.8) is 0 Å². The molecule has 17 aromatic rings. The molecule has 0 bridgehead atoms. The van der Waals surface area contributed by atoms with Crippen LogP contribution in [0.5, 0.6) is 0 Å². The molecule has 0 saturated carbocycles. The number of fused-ring (bicyclic) bond motifs is 7. The summed E-state index contributed by atoms with van der Waals surface area (Å²) in [5, 5.41) is 2.04. The van der Waals surface area contributed by atoms with E-state index in [1.54, 1.807) is 0 Å². The van der Waals surface area contributed by atoms with Gasteiger partial charge in [0.1, 0.15) is 13.2 Å². The third-order valence-corrected chi connectivity index (χ3v) is 23.9. The van der Waals surface area contributed by atoms with E-state index in [9.17, 15) is 0 Å². The molecule has 19 rings (SSSR count). The second-order valence-corrected chi connectivity index (χ2v) is 36.6. The standard InChI is InChI=1S/C110H94BN9O4/c1-107(2,3)80-61-81(108(4,5)6)64-84(63-80)118-94-53-49-77(105(121)123-67-69-33-19-13-20-34-69)57-89(94)111-90-58-78(106(122)124-68-70-35-21-14-22-36-70)50-54-95(90)119(85-65-82(109(7,8)9)62-83(66-85)110(10,11)12)97-60-79(59-96(118)98(97)111)75-47-51-92-87(55-75)86-45-31-32-46-91(86)120(92)93-52-48-76(103-114-99(71-37-23-15-24-38-71)112-100(115-103)72-39-25-16-26-40-72)56-88(93)104-116-101(73-41-27-17-28-42-73)113-102(117-104)74-43-29-18-30-44-74/h13-66H,67-68H2,1-12H3. The number of esters is 2. The smallest absolute Gasteiger partial charge is 0.338 e. The Labute approximate surface area is 725 Å². The molecule has 14 aromatic carbocycles. The highest BCUT2D eigenvalue weighted by atomic mass is 16.5. The number of carbonyl (C=O) groups excluding carboxylic acids is 2. The quantitative estimate of drug-likeness (QED) is 0.0671. The van der Waals surface area contributed by atoms with Crippen molar-refractivity contribution in [2.75, 3.05) is 9.80 Å². The fourth-order valence-electron chi connectivity index (χ4n) is 17.1. The Morgan fingerprint density at radius 3 is 1.04 bits per heavy atom. The minimum atomic E-state index is -0.569. The second-order valence-electron chi connectivity index (χ2n) is 36.6. The molecule has 0 spiro atoms. The number of hydrogen-bond acceptors (Lipinski definition) is 12. The zero-order valence-electron chi connectivity index (χ0n) is 71.8. The van der Waals surface area contributed by atoms with Crippen LogP contribution in [0, 0.1) is 0 Å². The van der Waals surface area contributed by atoms with E-state index in [2.05, 4.69) is 219 Å². The monoisotopic (exact) mass is 1620 g/mol. The molecule has 606 valence electrons. The first-order chi connectivity index (χ1) is 59.8. The molecule has 3 aromatic heterocycles. The van der Waals surface area contributed by atoms with Crippen LogP contribution >= 0.6 is 0 Å². The number of carbonyl (C=O) groups is 2. The van der Waals surface area contributed by atoms with Crippen LogP contribution < -0.4 is 26.2 Å². The van der Waals surface area contributed by atoms with Gasteiger partial charge in [-0.15, -0.1) is 0 Å². The summed E-state index contributed by atoms with van der Waals surface area (Å²) in [7, 11) is 0. The van der Waals surface area contributed by atoms with Gasteiger partial charge in [-0.05, 0) is 180 Å². The molecule has 13 nitrogen and oxygen atoms in total. The number of hydrogen-bond donors (Lipinski definition) is 0. The van der Waals surface area contributed by atoms with E-state index in [1.807, 2.05) is 206 Å². The summed E-state index contributed by atoms with van der Waals surface area (Å²) in [4.78, 5) is 66.8. The summed E-state index contributed by atoms with van der Waals surface area (Å²) in [6, 6.07) is 113. The lowest BCUT2D eigenvalue weighted by Crippen LogP contribution is -2.61. The van der Waals surface area contributed by atoms with Crippen LogP contribution in [0.25, 0.3) is 107 Å². The van der Waals surface area contributed by atoms with Gasteiger partial charge >= 0.3 is 11.9 Å². The molecule has 2 aliphatic heterocycles. The van der Waals surface area contributed by atoms with Crippen molar-refractivity contribution >= 4 is 91.0 Å². The van der Waals surface area contributed by atoms with Gasteiger partial charge in [0, 0.05) is 78.3 Å². The van der Waals surface area contributed by atoms with Gasteiger partial charge in [0.2, 0.25) is 0 Å². The maximum Gasteiger partial charge on any atom is 0.338 e. The SMILES string of the molecule is CC(C)(C)c1cc(N2c3ccc(C(=O)OCc4ccccc4)cc3B3c4cc(C(=O)OCc5ccccc5)ccc4N(c4cc(C(C)(C)C)cc(C(C)(C)C)c4)c4cc(-c5ccc6c(c5)c5ccccc5n6-c5ccc(-c6nc(-c7ccccc7)nc(-c7ccccc7)n6)cc5-c5nc(-c6ccccc6)nc(-c6ccccc6)n5)cc2c43)cc(C(C)(C)C)c1. The fraction of sp³-hybridized carbons (Fsp3) is 0.164. The van der Waals surface area contributed by atoms with Crippen molar-refractivity contribution in [1.82, 2.24) is 34.5 Å². The van der Waals surface area contributed by atoms with Crippen molar-refractivity contribution in [1.29, 1.82) is 0 Å². The van der Waals surface area contributed by atoms with Crippen LogP contribution in [-0.4, -0.2) is 53.1 Å². The normalized spacial score (nSPS) is 12.6. The number of ether oxygens (including phenoxy) is 2. The summed E-state index contributed by atoms with van der Waals surface area (Å²) in [5.41, 5.74) is 23.9. The van der Waals surface area contributed by atoms with Crippen LogP contribution in [0.1, 0.15) is 137 Å². The lowest BCUT2D eigenvalue weighted by Gasteiger charge is -2.45. The van der Waals surface area contributed by atoms with Gasteiger partial charge in [0.25, 0.3) is 6.71 Å². The Balaban J connectivity index is 0.874. The molecule has 14 heteroatoms. The van der Waals surface area contributed by atoms with Crippen LogP contribution in [0.15, 0.2) is 328 Å². The largest absolute Gasteiger partial charge is 0.457 e. The molecular weight excluding hydrogens is 1520 g/mol. The average Bonchev–Trinajstić information content (AvgIpc) is 0.770. The first kappa shape index (κ1) is 79.3. The van der Waals surface area contributed by atoms with Gasteiger partial charge < -0.3 is 23.8 Å². The minimum Gasteiger partial charge on any atom is -0.457 e. The molecule has 0 saturated heterocycles. The van der Waals surface area contributed by atoms with E-state index in [0.29, 0.717) is 46.1 Å². The van der Waals surface area contributed by atoms with Crippen LogP contribution in [0.3, 0.4) is 0 Å². The van der Waals surface area contributed by atoms with Gasteiger partial charge in [-0.3, -0.25) is 0 Å². The van der Waals surface area contributed by atoms with Crippen molar-refractivity contribution < 1.29 is 19.1 Å². The zero-order chi connectivity index (χ0) is 85.5. The maximum absolute atomic E-state index is 15.0. The molecule has 0 unspecified atom stereocenters. The zero-order valence-corrected chi connectivity index (χ0v) is 71.8. The van der Waals surface area contributed by atoms with E-state index < -0.39 is 18.7 Å². The number of para-hydroxylation sites is 1. The lowest BCUT2D eigenvalue weighted by atomic mass is 9.33. The Morgan fingerprint density at radius 1 is 0.290 bits per heavy atom. The van der Waals surface area contributed by atoms with Crippen LogP contribution in [0.2, 0.25) is 0 Å². The van der Waals surface area contributed by atoms with E-state index in [0.717, 1.165) is 134 Å². The first-order valence-corrected chi connectivity index (χ1v) is 42.5. The third-order valence-electron chi connectivity index (χ3n) is 23.9. The van der Waals surface area contributed by atoms with Gasteiger partial charge in [-0.2, -0.15) is 0 Å². The summed E-state index contributed by atoms with van der Waals surface area (Å²) in [5.74, 6) is 2.15. The Morgan fingerprint density at radius 2 is 0.637 bits per heavy atom. The molecule has 0 N–H and O–H groups in total. The van der Waals surface area contributed by atoms with E-state index in [4.69, 9.17) is 39.4 Å². The molecule has 0 radical (unpaired) electrons. The summed E-state index contributed by atoms with van der Waals surface area (Å²) < 4.78 is 14.9. The predicted molar refractivity (Wildman–Crippen MR) is 506 cm³/mol. The highest BCUT2D eigenvalue weighted by molar-refractivity contribution is 7.00. The summed E-state index contributed by atoms with van der Waals surface area (Å²) in [6.45, 7) is 27.0. The van der Waals surface area contributed by atoms with E-state index in [1.165, 1.54) is 22.3 Å². The van der Waals surface area contributed by atoms with Gasteiger partial charge in [-0.1, -0.05) is 314 Å². The number of aromatic nitrogens is 7. The molecule has 0 amide bonds. The highest BCUT2D eigenvalue weighted by Gasteiger charge is 2.46. The van der Waals surface area contributed by atoms with Crippen molar-refractivity contribution in [2.45, 2.75) is 118 Å². The van der Waals surface area contributed by atoms with Gasteiger partial charge in [-0.25, -0.2) is 39.5 Å². The maximum atomic E-state index is 15.0. The van der Waals surface area contributed by atoms with Gasteiger partial charge in [0.15, 0.2) is 34.9 Å². The Kier molecular flexibility index (Phi) is 20.1. The fourth-order valence-corrected chi connectivity index (χ4v) is 17.1. The second kappa shape index (κ2) is 31.5. The molecule has 5 heterocycles. The average molecular weight is 1620 g/mol. The topological polar surface area (TPSA) is 141 Å². The Bertz CT molecular complexity index is 6630. The first-order valence-electron chi connectivity index (χ1n) is 42.5. The molecule has 124 heavy (non-hydrogen) atoms. The number of rotatable bonds is 16. The number of anilines is 6. The van der Waals surface area contributed by atoms with Gasteiger partial charge in [0.05, 0.1) is 27.8 Å². The number of benzene rings is 14. The molecular formula is C110H94BN9O4. The van der Waals surface area contributed by atoms with Crippen LogP contribution in [0.4, 0.5) is 34.1 Å². The summed E-state index contributed by atoms with van der Waals surface area (Å²) >= 11 is 0. The Hall–Kier alpha value is -14.5. The van der Waals surface area contributed by atoms with E-state index >= 15 is 9.59 Å². The predicted octanol–water partition coefficient (Wildman–Crippen LogP) is 24.8. The highest BCUT2D eigenvalue weighted by Crippen LogP contribution is 2.51. The molecule has 2 aliphatic rings. The summed E-state index contributed by atoms with van der Waals surface area (Å²) in [6.07, 6.45) is 0. The lowest BCUT2D eigenvalue weighted by molar-refractivity contribution is 0.0464. The minimum absolute atomic E-state index is 0.0938. The van der Waals surface area contributed by atoms with Crippen molar-refractivity contribution in [3.8, 4) is 85.1 Å². The van der Waals surface area contributed by atoms with E-state index in [-0.39, 0.29) is 34.9 Å². The third kappa shape index (κ3) is 15.3. The molecule has 0 aliphatic carbocycles.